The standard InChI is InChI=1S/C15H25BrN2O2S/c1-4-5-6-7-8-12(3)18-21(19,20)15-10-14(17)13(16)9-11(15)2/h9-10,12,18H,4-8,17H2,1-3H3. The molecule has 0 amide bonds. The molecule has 21 heavy (non-hydrogen) atoms. The molecular weight excluding hydrogens is 352 g/mol. The molecule has 0 fully saturated rings. The summed E-state index contributed by atoms with van der Waals surface area (Å²) < 4.78 is 28.3. The van der Waals surface area contributed by atoms with Gasteiger partial charge in [-0.1, -0.05) is 32.6 Å². The summed E-state index contributed by atoms with van der Waals surface area (Å²) in [6, 6.07) is 3.16. The minimum absolute atomic E-state index is 0.0730. The second-order valence-corrected chi connectivity index (χ2v) is 8.05. The number of halogens is 1. The fourth-order valence-electron chi connectivity index (χ4n) is 2.22. The zero-order valence-corrected chi connectivity index (χ0v) is 15.4. The first kappa shape index (κ1) is 18.5. The number of nitrogen functional groups attached to an aromatic ring is 1. The van der Waals surface area contributed by atoms with Crippen molar-refractivity contribution in [1.29, 1.82) is 0 Å². The molecule has 0 radical (unpaired) electrons. The van der Waals surface area contributed by atoms with Gasteiger partial charge >= 0.3 is 0 Å². The van der Waals surface area contributed by atoms with Crippen molar-refractivity contribution in [3.63, 3.8) is 0 Å². The molecule has 0 aromatic heterocycles. The molecule has 6 heteroatoms. The van der Waals surface area contributed by atoms with Crippen LogP contribution in [0.4, 0.5) is 5.69 Å². The van der Waals surface area contributed by atoms with Crippen LogP contribution in [0.15, 0.2) is 21.5 Å². The van der Waals surface area contributed by atoms with Crippen molar-refractivity contribution >= 4 is 31.6 Å². The SMILES string of the molecule is CCCCCCC(C)NS(=O)(=O)c1cc(N)c(Br)cc1C. The number of anilines is 1. The fraction of sp³-hybridized carbons (Fsp3) is 0.600. The van der Waals surface area contributed by atoms with Crippen LogP contribution in [0.3, 0.4) is 0 Å². The van der Waals surface area contributed by atoms with Crippen LogP contribution in [0.1, 0.15) is 51.5 Å². The fourth-order valence-corrected chi connectivity index (χ4v) is 4.22. The lowest BCUT2D eigenvalue weighted by Gasteiger charge is -2.16. The highest BCUT2D eigenvalue weighted by atomic mass is 79.9. The normalized spacial score (nSPS) is 13.3. The first-order valence-corrected chi connectivity index (χ1v) is 9.63. The van der Waals surface area contributed by atoms with E-state index in [4.69, 9.17) is 5.73 Å². The molecule has 0 aliphatic heterocycles. The number of nitrogens with two attached hydrogens (primary N) is 1. The van der Waals surface area contributed by atoms with Crippen molar-refractivity contribution in [2.45, 2.75) is 63.8 Å². The van der Waals surface area contributed by atoms with E-state index in [2.05, 4.69) is 27.6 Å². The predicted octanol–water partition coefficient (Wildman–Crippen LogP) is 3.98. The Balaban J connectivity index is 2.75. The Morgan fingerprint density at radius 1 is 1.29 bits per heavy atom. The first-order chi connectivity index (χ1) is 9.77. The van der Waals surface area contributed by atoms with Crippen molar-refractivity contribution in [2.75, 3.05) is 5.73 Å². The van der Waals surface area contributed by atoms with Crippen LogP contribution in [0.5, 0.6) is 0 Å². The van der Waals surface area contributed by atoms with Gasteiger partial charge in [0.25, 0.3) is 0 Å². The van der Waals surface area contributed by atoms with Crippen LogP contribution in [-0.2, 0) is 10.0 Å². The van der Waals surface area contributed by atoms with E-state index in [0.29, 0.717) is 15.7 Å². The quantitative estimate of drug-likeness (QED) is 0.532. The van der Waals surface area contributed by atoms with Crippen LogP contribution in [-0.4, -0.2) is 14.5 Å². The number of nitrogens with one attached hydrogen (secondary N) is 1. The van der Waals surface area contributed by atoms with E-state index < -0.39 is 10.0 Å². The van der Waals surface area contributed by atoms with Gasteiger partial charge in [0.05, 0.1) is 4.90 Å². The Hall–Kier alpha value is -0.590. The third-order valence-corrected chi connectivity index (χ3v) is 5.85. The number of sulfonamides is 1. The minimum atomic E-state index is -3.52. The van der Waals surface area contributed by atoms with Gasteiger partial charge in [-0.3, -0.25) is 0 Å². The number of hydrogen-bond acceptors (Lipinski definition) is 3. The Morgan fingerprint density at radius 2 is 1.95 bits per heavy atom. The molecule has 0 saturated heterocycles. The maximum absolute atomic E-state index is 12.4. The summed E-state index contributed by atoms with van der Waals surface area (Å²) >= 11 is 3.31. The molecule has 4 nitrogen and oxygen atoms in total. The summed E-state index contributed by atoms with van der Waals surface area (Å²) in [5.74, 6) is 0. The van der Waals surface area contributed by atoms with Crippen molar-refractivity contribution in [1.82, 2.24) is 4.72 Å². The van der Waals surface area contributed by atoms with E-state index in [0.717, 1.165) is 19.3 Å². The predicted molar refractivity (Wildman–Crippen MR) is 91.8 cm³/mol. The Kier molecular flexibility index (Phi) is 7.16. The van der Waals surface area contributed by atoms with Crippen molar-refractivity contribution in [2.24, 2.45) is 0 Å². The molecule has 0 spiro atoms. The highest BCUT2D eigenvalue weighted by molar-refractivity contribution is 9.10. The number of hydrogen-bond donors (Lipinski definition) is 2. The lowest BCUT2D eigenvalue weighted by molar-refractivity contribution is 0.521. The zero-order chi connectivity index (χ0) is 16.0. The Morgan fingerprint density at radius 3 is 2.57 bits per heavy atom. The van der Waals surface area contributed by atoms with E-state index in [1.807, 2.05) is 6.92 Å². The molecule has 1 atom stereocenters. The number of unbranched alkanes of at least 4 members (excludes halogenated alkanes) is 3. The summed E-state index contributed by atoms with van der Waals surface area (Å²) in [7, 11) is -3.52. The van der Waals surface area contributed by atoms with Gasteiger partial charge in [-0.05, 0) is 53.9 Å². The third-order valence-electron chi connectivity index (χ3n) is 3.43. The monoisotopic (exact) mass is 376 g/mol. The molecule has 0 heterocycles. The Bertz CT molecular complexity index is 573. The molecule has 1 rings (SSSR count). The average molecular weight is 377 g/mol. The number of rotatable bonds is 8. The molecule has 120 valence electrons. The van der Waals surface area contributed by atoms with E-state index in [-0.39, 0.29) is 10.9 Å². The van der Waals surface area contributed by atoms with Gasteiger partial charge < -0.3 is 5.73 Å². The highest BCUT2D eigenvalue weighted by Crippen LogP contribution is 2.26. The minimum Gasteiger partial charge on any atom is -0.398 e. The maximum Gasteiger partial charge on any atom is 0.241 e. The van der Waals surface area contributed by atoms with Crippen LogP contribution in [0.25, 0.3) is 0 Å². The molecule has 0 aliphatic carbocycles. The largest absolute Gasteiger partial charge is 0.398 e. The molecule has 0 saturated carbocycles. The summed E-state index contributed by atoms with van der Waals surface area (Å²) in [6.07, 6.45) is 5.41. The Labute approximate surface area is 136 Å². The molecule has 1 unspecified atom stereocenters. The van der Waals surface area contributed by atoms with Crippen LogP contribution >= 0.6 is 15.9 Å². The summed E-state index contributed by atoms with van der Waals surface area (Å²) in [5.41, 5.74) is 6.90. The van der Waals surface area contributed by atoms with E-state index in [1.165, 1.54) is 18.9 Å². The summed E-state index contributed by atoms with van der Waals surface area (Å²) in [6.45, 7) is 5.83. The van der Waals surface area contributed by atoms with E-state index in [1.54, 1.807) is 13.0 Å². The van der Waals surface area contributed by atoms with Gasteiger partial charge in [-0.2, -0.15) is 0 Å². The average Bonchev–Trinajstić information content (AvgIpc) is 2.38. The van der Waals surface area contributed by atoms with Gasteiger partial charge in [0.15, 0.2) is 0 Å². The van der Waals surface area contributed by atoms with Gasteiger partial charge in [0.2, 0.25) is 10.0 Å². The molecule has 0 bridgehead atoms. The summed E-state index contributed by atoms with van der Waals surface area (Å²) in [4.78, 5) is 0.253. The van der Waals surface area contributed by atoms with E-state index >= 15 is 0 Å². The molecule has 3 N–H and O–H groups in total. The van der Waals surface area contributed by atoms with Crippen molar-refractivity contribution in [3.05, 3.63) is 22.2 Å². The maximum atomic E-state index is 12.4. The third kappa shape index (κ3) is 5.60. The van der Waals surface area contributed by atoms with Crippen LogP contribution < -0.4 is 10.5 Å². The van der Waals surface area contributed by atoms with Gasteiger partial charge in [0, 0.05) is 16.2 Å². The lowest BCUT2D eigenvalue weighted by atomic mass is 10.1. The summed E-state index contributed by atoms with van der Waals surface area (Å²) in [5, 5.41) is 0. The van der Waals surface area contributed by atoms with Crippen molar-refractivity contribution in [3.8, 4) is 0 Å². The molecule has 1 aromatic rings. The molecule has 0 aliphatic rings. The number of aryl methyl sites for hydroxylation is 1. The molecule has 1 aromatic carbocycles. The highest BCUT2D eigenvalue weighted by Gasteiger charge is 2.20. The second kappa shape index (κ2) is 8.15. The van der Waals surface area contributed by atoms with Crippen molar-refractivity contribution < 1.29 is 8.42 Å². The van der Waals surface area contributed by atoms with Gasteiger partial charge in [-0.15, -0.1) is 0 Å². The van der Waals surface area contributed by atoms with E-state index in [9.17, 15) is 8.42 Å². The second-order valence-electron chi connectivity index (χ2n) is 5.51. The van der Waals surface area contributed by atoms with Gasteiger partial charge in [-0.25, -0.2) is 13.1 Å². The zero-order valence-electron chi connectivity index (χ0n) is 12.9. The smallest absolute Gasteiger partial charge is 0.241 e. The van der Waals surface area contributed by atoms with Crippen LogP contribution in [0.2, 0.25) is 0 Å². The van der Waals surface area contributed by atoms with Crippen LogP contribution in [0, 0.1) is 6.92 Å². The van der Waals surface area contributed by atoms with Gasteiger partial charge in [0.1, 0.15) is 0 Å². The number of benzene rings is 1. The lowest BCUT2D eigenvalue weighted by Crippen LogP contribution is -2.33. The molecular formula is C15H25BrN2O2S. The first-order valence-electron chi connectivity index (χ1n) is 7.36. The topological polar surface area (TPSA) is 72.2 Å².